The lowest BCUT2D eigenvalue weighted by atomic mass is 10.0. The summed E-state index contributed by atoms with van der Waals surface area (Å²) in [6, 6.07) is 28.2. The fraction of sp³-hybridized carbons (Fsp3) is 0.257. The van der Waals surface area contributed by atoms with Crippen molar-refractivity contribution in [2.75, 3.05) is 18.0 Å². The van der Waals surface area contributed by atoms with Crippen LogP contribution in [-0.4, -0.2) is 50.4 Å². The summed E-state index contributed by atoms with van der Waals surface area (Å²) in [4.78, 5) is 29.8. The lowest BCUT2D eigenvalue weighted by molar-refractivity contribution is -0.140. The Morgan fingerprint density at radius 3 is 2.00 bits per heavy atom. The highest BCUT2D eigenvalue weighted by atomic mass is 32.2. The van der Waals surface area contributed by atoms with Crippen LogP contribution in [0.5, 0.6) is 5.75 Å². The van der Waals surface area contributed by atoms with E-state index in [1.165, 1.54) is 48.4 Å². The summed E-state index contributed by atoms with van der Waals surface area (Å²) in [5.41, 5.74) is 0.928. The van der Waals surface area contributed by atoms with Crippen molar-refractivity contribution in [2.24, 2.45) is 0 Å². The molecule has 0 bridgehead atoms. The van der Waals surface area contributed by atoms with Crippen molar-refractivity contribution in [2.45, 2.75) is 50.2 Å². The van der Waals surface area contributed by atoms with Gasteiger partial charge in [0, 0.05) is 18.5 Å². The summed E-state index contributed by atoms with van der Waals surface area (Å²) in [5, 5.41) is 2.98. The van der Waals surface area contributed by atoms with Gasteiger partial charge in [-0.1, -0.05) is 72.8 Å². The van der Waals surface area contributed by atoms with E-state index in [2.05, 4.69) is 5.32 Å². The molecule has 1 atom stereocenters. The van der Waals surface area contributed by atoms with E-state index < -0.39 is 45.8 Å². The number of anilines is 1. The van der Waals surface area contributed by atoms with Crippen LogP contribution in [0.3, 0.4) is 0 Å². The Bertz CT molecular complexity index is 1690. The number of rotatable bonds is 12. The molecule has 0 unspecified atom stereocenters. The number of sulfonamides is 1. The molecule has 45 heavy (non-hydrogen) atoms. The molecule has 0 aliphatic heterocycles. The van der Waals surface area contributed by atoms with Crippen LogP contribution in [0.1, 0.15) is 31.9 Å². The number of carbonyl (C=O) groups is 2. The van der Waals surface area contributed by atoms with E-state index in [1.807, 2.05) is 51.1 Å². The molecule has 0 saturated carbocycles. The van der Waals surface area contributed by atoms with Crippen molar-refractivity contribution in [1.82, 2.24) is 10.2 Å². The monoisotopic (exact) mass is 631 g/mol. The molecule has 10 heteroatoms. The Hall–Kier alpha value is -4.70. The lowest BCUT2D eigenvalue weighted by Gasteiger charge is -2.35. The molecule has 0 fully saturated rings. The summed E-state index contributed by atoms with van der Waals surface area (Å²) in [6.07, 6.45) is 0.162. The second-order valence-electron chi connectivity index (χ2n) is 11.6. The van der Waals surface area contributed by atoms with Gasteiger partial charge in [-0.2, -0.15) is 0 Å². The van der Waals surface area contributed by atoms with E-state index >= 15 is 0 Å². The zero-order valence-electron chi connectivity index (χ0n) is 25.8. The van der Waals surface area contributed by atoms with Crippen molar-refractivity contribution in [3.63, 3.8) is 0 Å². The number of benzene rings is 4. The quantitative estimate of drug-likeness (QED) is 0.220. The first-order chi connectivity index (χ1) is 21.4. The fourth-order valence-corrected chi connectivity index (χ4v) is 6.31. The average molecular weight is 632 g/mol. The Morgan fingerprint density at radius 2 is 1.40 bits per heavy atom. The minimum absolute atomic E-state index is 0.0138. The van der Waals surface area contributed by atoms with E-state index in [4.69, 9.17) is 4.74 Å². The maximum Gasteiger partial charge on any atom is 0.264 e. The normalized spacial score (nSPS) is 12.2. The molecule has 0 aromatic heterocycles. The minimum atomic E-state index is -4.27. The molecule has 0 aliphatic rings. The molecule has 0 saturated heterocycles. The number of hydrogen-bond donors (Lipinski definition) is 1. The predicted octanol–water partition coefficient (Wildman–Crippen LogP) is 5.58. The van der Waals surface area contributed by atoms with Gasteiger partial charge in [0.05, 0.1) is 17.7 Å². The number of halogens is 1. The number of hydrogen-bond acceptors (Lipinski definition) is 5. The molecular formula is C35H38FN3O5S. The van der Waals surface area contributed by atoms with E-state index in [0.29, 0.717) is 5.56 Å². The average Bonchev–Trinajstić information content (AvgIpc) is 3.02. The number of amides is 2. The van der Waals surface area contributed by atoms with Crippen LogP contribution in [0.2, 0.25) is 0 Å². The molecule has 1 N–H and O–H groups in total. The first-order valence-electron chi connectivity index (χ1n) is 14.5. The molecule has 4 rings (SSSR count). The Balaban J connectivity index is 1.83. The summed E-state index contributed by atoms with van der Waals surface area (Å²) in [5.74, 6) is -1.23. The first kappa shape index (κ1) is 33.2. The third kappa shape index (κ3) is 8.69. The number of ether oxygens (including phenoxy) is 1. The minimum Gasteiger partial charge on any atom is -0.495 e. The van der Waals surface area contributed by atoms with Crippen molar-refractivity contribution in [1.29, 1.82) is 0 Å². The number of para-hydroxylation sites is 2. The van der Waals surface area contributed by atoms with Gasteiger partial charge in [0.2, 0.25) is 11.8 Å². The molecule has 0 aliphatic carbocycles. The van der Waals surface area contributed by atoms with Gasteiger partial charge in [-0.25, -0.2) is 12.8 Å². The Morgan fingerprint density at radius 1 is 0.822 bits per heavy atom. The third-order valence-corrected chi connectivity index (χ3v) is 8.77. The van der Waals surface area contributed by atoms with Gasteiger partial charge >= 0.3 is 0 Å². The summed E-state index contributed by atoms with van der Waals surface area (Å²) in [6.45, 7) is 4.82. The Kier molecular flexibility index (Phi) is 10.6. The fourth-order valence-electron chi connectivity index (χ4n) is 4.86. The van der Waals surface area contributed by atoms with Crippen molar-refractivity contribution in [3.05, 3.63) is 126 Å². The van der Waals surface area contributed by atoms with Crippen LogP contribution < -0.4 is 14.4 Å². The maximum absolute atomic E-state index is 14.5. The summed E-state index contributed by atoms with van der Waals surface area (Å²) in [7, 11) is -2.85. The highest BCUT2D eigenvalue weighted by Gasteiger charge is 2.36. The van der Waals surface area contributed by atoms with Gasteiger partial charge in [0.1, 0.15) is 24.2 Å². The molecule has 0 heterocycles. The number of nitrogens with one attached hydrogen (secondary N) is 1. The van der Waals surface area contributed by atoms with Gasteiger partial charge in [-0.15, -0.1) is 0 Å². The maximum atomic E-state index is 14.5. The highest BCUT2D eigenvalue weighted by Crippen LogP contribution is 2.32. The molecule has 0 spiro atoms. The lowest BCUT2D eigenvalue weighted by Crippen LogP contribution is -2.56. The number of nitrogens with zero attached hydrogens (tertiary/aromatic N) is 2. The summed E-state index contributed by atoms with van der Waals surface area (Å²) >= 11 is 0. The van der Waals surface area contributed by atoms with Crippen LogP contribution in [0.25, 0.3) is 0 Å². The smallest absolute Gasteiger partial charge is 0.264 e. The van der Waals surface area contributed by atoms with E-state index in [0.717, 1.165) is 9.87 Å². The van der Waals surface area contributed by atoms with E-state index in [9.17, 15) is 22.4 Å². The van der Waals surface area contributed by atoms with Gasteiger partial charge < -0.3 is 15.0 Å². The molecule has 236 valence electrons. The zero-order valence-corrected chi connectivity index (χ0v) is 26.6. The van der Waals surface area contributed by atoms with Gasteiger partial charge in [0.25, 0.3) is 10.0 Å². The second-order valence-corrected chi connectivity index (χ2v) is 13.5. The largest absolute Gasteiger partial charge is 0.495 e. The summed E-state index contributed by atoms with van der Waals surface area (Å²) < 4.78 is 48.6. The molecule has 8 nitrogen and oxygen atoms in total. The van der Waals surface area contributed by atoms with Crippen LogP contribution >= 0.6 is 0 Å². The van der Waals surface area contributed by atoms with Gasteiger partial charge in [-0.3, -0.25) is 13.9 Å². The first-order valence-corrected chi connectivity index (χ1v) is 15.9. The van der Waals surface area contributed by atoms with E-state index in [1.54, 1.807) is 42.5 Å². The predicted molar refractivity (Wildman–Crippen MR) is 173 cm³/mol. The highest BCUT2D eigenvalue weighted by molar-refractivity contribution is 7.92. The molecule has 4 aromatic rings. The van der Waals surface area contributed by atoms with Crippen molar-refractivity contribution in [3.8, 4) is 5.75 Å². The third-order valence-electron chi connectivity index (χ3n) is 7.00. The molecule has 4 aromatic carbocycles. The Labute approximate surface area is 264 Å². The van der Waals surface area contributed by atoms with Gasteiger partial charge in [0.15, 0.2) is 0 Å². The zero-order chi connectivity index (χ0) is 32.6. The van der Waals surface area contributed by atoms with Crippen molar-refractivity contribution < 1.29 is 27.1 Å². The molecular weight excluding hydrogens is 593 g/mol. The second kappa shape index (κ2) is 14.4. The standard InChI is InChI=1S/C35H38FN3O5S/c1-35(2,3)37-34(41)31(23-26-13-7-5-8-14-26)38(24-27-19-21-28(36)22-20-27)33(40)25-39(30-17-11-12-18-32(30)44-4)45(42,43)29-15-9-6-10-16-29/h5-22,31H,23-25H2,1-4H3,(H,37,41)/t31-/m0/s1. The SMILES string of the molecule is COc1ccccc1N(CC(=O)N(Cc1ccc(F)cc1)[C@@H](Cc1ccccc1)C(=O)NC(C)(C)C)S(=O)(=O)c1ccccc1. The van der Waals surface area contributed by atoms with Crippen molar-refractivity contribution >= 4 is 27.5 Å². The molecule has 2 amide bonds. The van der Waals surface area contributed by atoms with Crippen LogP contribution in [0.4, 0.5) is 10.1 Å². The number of carbonyl (C=O) groups excluding carboxylic acids is 2. The van der Waals surface area contributed by atoms with Gasteiger partial charge in [-0.05, 0) is 68.3 Å². The topological polar surface area (TPSA) is 96.0 Å². The van der Waals surface area contributed by atoms with Crippen LogP contribution in [-0.2, 0) is 32.6 Å². The van der Waals surface area contributed by atoms with E-state index in [-0.39, 0.29) is 29.3 Å². The number of methoxy groups -OCH3 is 1. The van der Waals surface area contributed by atoms with Crippen LogP contribution in [0.15, 0.2) is 114 Å². The molecule has 0 radical (unpaired) electrons. The van der Waals surface area contributed by atoms with Crippen LogP contribution in [0, 0.1) is 5.82 Å².